The molecule has 0 aliphatic rings. The van der Waals surface area contributed by atoms with E-state index in [-0.39, 0.29) is 18.6 Å². The summed E-state index contributed by atoms with van der Waals surface area (Å²) in [6.07, 6.45) is -0.882. The molecule has 0 amide bonds. The number of aliphatic hydroxyl groups excluding tert-OH is 5. The summed E-state index contributed by atoms with van der Waals surface area (Å²) >= 11 is 0. The lowest BCUT2D eigenvalue weighted by molar-refractivity contribution is -0.0839. The highest BCUT2D eigenvalue weighted by atomic mass is 16.4. The quantitative estimate of drug-likeness (QED) is 0.373. The second kappa shape index (κ2) is 15.9. The summed E-state index contributed by atoms with van der Waals surface area (Å²) in [5.74, 6) is 0.440. The van der Waals surface area contributed by atoms with Gasteiger partial charge in [0, 0.05) is 12.0 Å². The van der Waals surface area contributed by atoms with E-state index in [1.807, 2.05) is 13.8 Å². The molecular formula is C18H44O7. The van der Waals surface area contributed by atoms with Crippen LogP contribution in [-0.2, 0) is 0 Å². The van der Waals surface area contributed by atoms with Crippen molar-refractivity contribution in [2.75, 3.05) is 26.4 Å². The van der Waals surface area contributed by atoms with Gasteiger partial charge >= 0.3 is 0 Å². The van der Waals surface area contributed by atoms with Crippen molar-refractivity contribution >= 4 is 0 Å². The highest BCUT2D eigenvalue weighted by Gasteiger charge is 2.24. The zero-order chi connectivity index (χ0) is 21.5. The van der Waals surface area contributed by atoms with Gasteiger partial charge in [0.05, 0.1) is 31.5 Å². The summed E-state index contributed by atoms with van der Waals surface area (Å²) in [5, 5.41) is 59.5. The molecule has 2 atom stereocenters. The van der Waals surface area contributed by atoms with Gasteiger partial charge in [-0.15, -0.1) is 0 Å². The van der Waals surface area contributed by atoms with Crippen molar-refractivity contribution in [3.8, 4) is 0 Å². The largest absolute Gasteiger partial charge is 0.396 e. The highest BCUT2D eigenvalue weighted by molar-refractivity contribution is 4.76. The normalized spacial score (nSPS) is 14.8. The Morgan fingerprint density at radius 2 is 0.920 bits per heavy atom. The number of hydrogen-bond acceptors (Lipinski definition) is 7. The number of hydrogen-bond donors (Lipinski definition) is 7. The Bertz CT molecular complexity index is 257. The standard InChI is InChI=1S/C5H12O3.C5H12O2.2C4H10O/c1-4(7)5(2,8)3-6;1-5(2,3-6)4-7;1-4(2,3)5;1-4(2)3-5/h4,6-8H,3H2,1-2H3;6-7H,3-4H2,1-2H3;5H,1-3H3;4-5H,3H2,1-2H3. The molecule has 158 valence electrons. The molecule has 25 heavy (non-hydrogen) atoms. The fraction of sp³-hybridized carbons (Fsp3) is 1.00. The van der Waals surface area contributed by atoms with Crippen LogP contribution in [0.4, 0.5) is 0 Å². The Labute approximate surface area is 154 Å². The van der Waals surface area contributed by atoms with E-state index in [9.17, 15) is 0 Å². The van der Waals surface area contributed by atoms with E-state index < -0.39 is 23.9 Å². The molecule has 7 nitrogen and oxygen atoms in total. The number of rotatable bonds is 5. The van der Waals surface area contributed by atoms with Crippen molar-refractivity contribution in [3.05, 3.63) is 0 Å². The average Bonchev–Trinajstić information content (AvgIpc) is 2.46. The van der Waals surface area contributed by atoms with Crippen LogP contribution in [0, 0.1) is 11.3 Å². The first-order valence-corrected chi connectivity index (χ1v) is 8.46. The SMILES string of the molecule is CC(C)(C)O.CC(C)(CO)CO.CC(C)CO.CC(O)C(C)(O)CO. The summed E-state index contributed by atoms with van der Waals surface area (Å²) < 4.78 is 0. The first-order valence-electron chi connectivity index (χ1n) is 8.46. The molecule has 0 spiro atoms. The summed E-state index contributed by atoms with van der Waals surface area (Å²) in [5.41, 5.74) is -2.15. The van der Waals surface area contributed by atoms with Gasteiger partial charge in [0.1, 0.15) is 5.60 Å². The lowest BCUT2D eigenvalue weighted by Gasteiger charge is -2.22. The first kappa shape index (κ1) is 32.4. The molecule has 0 aromatic heterocycles. The van der Waals surface area contributed by atoms with Crippen molar-refractivity contribution in [1.82, 2.24) is 0 Å². The van der Waals surface area contributed by atoms with Crippen LogP contribution in [0.25, 0.3) is 0 Å². The van der Waals surface area contributed by atoms with Crippen molar-refractivity contribution < 1.29 is 35.7 Å². The van der Waals surface area contributed by atoms with Gasteiger partial charge in [-0.2, -0.15) is 0 Å². The van der Waals surface area contributed by atoms with Gasteiger partial charge in [-0.25, -0.2) is 0 Å². The predicted molar refractivity (Wildman–Crippen MR) is 101 cm³/mol. The molecule has 0 fully saturated rings. The molecule has 0 aromatic rings. The van der Waals surface area contributed by atoms with E-state index in [1.165, 1.54) is 13.8 Å². The van der Waals surface area contributed by atoms with E-state index in [4.69, 9.17) is 35.7 Å². The second-order valence-corrected chi connectivity index (χ2v) is 8.42. The molecule has 0 heterocycles. The molecule has 7 heteroatoms. The molecule has 0 aliphatic carbocycles. The van der Waals surface area contributed by atoms with Crippen LogP contribution in [0.3, 0.4) is 0 Å². The lowest BCUT2D eigenvalue weighted by Crippen LogP contribution is -2.40. The van der Waals surface area contributed by atoms with Crippen LogP contribution in [0.1, 0.15) is 62.3 Å². The third kappa shape index (κ3) is 40.0. The highest BCUT2D eigenvalue weighted by Crippen LogP contribution is 2.10. The van der Waals surface area contributed by atoms with Crippen molar-refractivity contribution in [3.63, 3.8) is 0 Å². The lowest BCUT2D eigenvalue weighted by atomic mass is 9.97. The maximum atomic E-state index is 8.90. The molecule has 0 saturated heterocycles. The Kier molecular flexibility index (Phi) is 20.6. The topological polar surface area (TPSA) is 142 Å². The third-order valence-electron chi connectivity index (χ3n) is 2.44. The monoisotopic (exact) mass is 372 g/mol. The van der Waals surface area contributed by atoms with E-state index in [2.05, 4.69) is 0 Å². The smallest absolute Gasteiger partial charge is 0.110 e. The fourth-order valence-corrected chi connectivity index (χ4v) is 0.182. The van der Waals surface area contributed by atoms with Gasteiger partial charge in [-0.05, 0) is 40.5 Å². The van der Waals surface area contributed by atoms with Crippen molar-refractivity contribution in [2.24, 2.45) is 11.3 Å². The maximum Gasteiger partial charge on any atom is 0.110 e. The Balaban J connectivity index is -0.000000120. The Morgan fingerprint density at radius 1 is 0.680 bits per heavy atom. The second-order valence-electron chi connectivity index (χ2n) is 8.42. The summed E-state index contributed by atoms with van der Waals surface area (Å²) in [4.78, 5) is 0. The van der Waals surface area contributed by atoms with Crippen LogP contribution in [0.15, 0.2) is 0 Å². The van der Waals surface area contributed by atoms with Crippen LogP contribution in [0.2, 0.25) is 0 Å². The van der Waals surface area contributed by atoms with E-state index in [0.717, 1.165) is 0 Å². The first-order chi connectivity index (χ1) is 10.9. The van der Waals surface area contributed by atoms with E-state index in [0.29, 0.717) is 12.5 Å². The summed E-state index contributed by atoms with van der Waals surface area (Å²) in [6.45, 7) is 15.6. The van der Waals surface area contributed by atoms with E-state index in [1.54, 1.807) is 34.6 Å². The van der Waals surface area contributed by atoms with Gasteiger partial charge < -0.3 is 35.7 Å². The molecule has 0 saturated carbocycles. The van der Waals surface area contributed by atoms with Gasteiger partial charge in [0.25, 0.3) is 0 Å². The minimum Gasteiger partial charge on any atom is -0.396 e. The van der Waals surface area contributed by atoms with Gasteiger partial charge in [0.2, 0.25) is 0 Å². The Hall–Kier alpha value is -0.280. The predicted octanol–water partition coefficient (Wildman–Crippen LogP) is 0.520. The molecule has 0 radical (unpaired) electrons. The molecular weight excluding hydrogens is 328 g/mol. The van der Waals surface area contributed by atoms with Gasteiger partial charge in [-0.3, -0.25) is 0 Å². The van der Waals surface area contributed by atoms with Gasteiger partial charge in [0.15, 0.2) is 0 Å². The molecule has 7 N–H and O–H groups in total. The van der Waals surface area contributed by atoms with Crippen molar-refractivity contribution in [2.45, 2.75) is 79.6 Å². The summed E-state index contributed by atoms with van der Waals surface area (Å²) in [7, 11) is 0. The van der Waals surface area contributed by atoms with Crippen LogP contribution < -0.4 is 0 Å². The zero-order valence-corrected chi connectivity index (χ0v) is 17.6. The van der Waals surface area contributed by atoms with E-state index >= 15 is 0 Å². The maximum absolute atomic E-state index is 8.90. The van der Waals surface area contributed by atoms with Crippen LogP contribution in [0.5, 0.6) is 0 Å². The molecule has 0 aliphatic heterocycles. The Morgan fingerprint density at radius 3 is 0.920 bits per heavy atom. The molecule has 0 bridgehead atoms. The molecule has 0 aromatic carbocycles. The zero-order valence-electron chi connectivity index (χ0n) is 17.6. The molecule has 2 unspecified atom stereocenters. The fourth-order valence-electron chi connectivity index (χ4n) is 0.182. The molecule has 0 rings (SSSR count). The minimum absolute atomic E-state index is 0.0451. The van der Waals surface area contributed by atoms with Crippen LogP contribution in [-0.4, -0.2) is 79.5 Å². The number of aliphatic hydroxyl groups is 7. The van der Waals surface area contributed by atoms with Crippen LogP contribution >= 0.6 is 0 Å². The van der Waals surface area contributed by atoms with Gasteiger partial charge in [-0.1, -0.05) is 27.7 Å². The minimum atomic E-state index is -1.35. The van der Waals surface area contributed by atoms with Crippen molar-refractivity contribution in [1.29, 1.82) is 0 Å². The third-order valence-corrected chi connectivity index (χ3v) is 2.44. The average molecular weight is 373 g/mol. The summed E-state index contributed by atoms with van der Waals surface area (Å²) in [6, 6.07) is 0.